The van der Waals surface area contributed by atoms with Crippen molar-refractivity contribution in [3.63, 3.8) is 0 Å². The van der Waals surface area contributed by atoms with E-state index in [1.165, 1.54) is 21.3 Å². The van der Waals surface area contributed by atoms with E-state index in [1.807, 2.05) is 14.0 Å². The van der Waals surface area contributed by atoms with Gasteiger partial charge in [-0.15, -0.1) is 0 Å². The van der Waals surface area contributed by atoms with Crippen molar-refractivity contribution >= 4 is 31.9 Å². The zero-order chi connectivity index (χ0) is 15.6. The smallest absolute Gasteiger partial charge is 0.0738 e. The number of aromatic nitrogens is 2. The third-order valence-electron chi connectivity index (χ3n) is 3.80. The summed E-state index contributed by atoms with van der Waals surface area (Å²) >= 11 is 7.40. The Morgan fingerprint density at radius 1 is 1.24 bits per heavy atom. The number of nitrogens with one attached hydrogen (secondary N) is 1. The SMILES string of the molecule is CCn1nc(C)c(Br)c1CC(NC)c1cccc(C)c1Br. The van der Waals surface area contributed by atoms with Crippen LogP contribution in [-0.4, -0.2) is 16.8 Å². The Kier molecular flexibility index (Phi) is 5.63. The summed E-state index contributed by atoms with van der Waals surface area (Å²) in [5, 5.41) is 8.01. The summed E-state index contributed by atoms with van der Waals surface area (Å²) in [4.78, 5) is 0. The van der Waals surface area contributed by atoms with Gasteiger partial charge in [-0.05, 0) is 54.9 Å². The molecule has 0 saturated heterocycles. The van der Waals surface area contributed by atoms with Crippen LogP contribution in [0.1, 0.15) is 35.5 Å². The van der Waals surface area contributed by atoms with Gasteiger partial charge in [-0.25, -0.2) is 0 Å². The number of halogens is 2. The van der Waals surface area contributed by atoms with E-state index in [9.17, 15) is 0 Å². The predicted molar refractivity (Wildman–Crippen MR) is 94.7 cm³/mol. The van der Waals surface area contributed by atoms with Crippen LogP contribution in [0.5, 0.6) is 0 Å². The van der Waals surface area contributed by atoms with E-state index in [4.69, 9.17) is 0 Å². The van der Waals surface area contributed by atoms with Crippen molar-refractivity contribution in [2.24, 2.45) is 0 Å². The van der Waals surface area contributed by atoms with Crippen LogP contribution in [0.25, 0.3) is 0 Å². The highest BCUT2D eigenvalue weighted by atomic mass is 79.9. The number of aryl methyl sites for hydroxylation is 3. The van der Waals surface area contributed by atoms with Gasteiger partial charge in [0, 0.05) is 23.5 Å². The minimum Gasteiger partial charge on any atom is -0.313 e. The lowest BCUT2D eigenvalue weighted by atomic mass is 10.00. The van der Waals surface area contributed by atoms with Crippen LogP contribution in [0, 0.1) is 13.8 Å². The number of rotatable bonds is 5. The zero-order valence-corrected chi connectivity index (χ0v) is 16.0. The van der Waals surface area contributed by atoms with Gasteiger partial charge in [0.15, 0.2) is 0 Å². The Balaban J connectivity index is 2.38. The van der Waals surface area contributed by atoms with E-state index in [2.05, 4.69) is 79.0 Å². The van der Waals surface area contributed by atoms with Gasteiger partial charge in [-0.2, -0.15) is 5.10 Å². The predicted octanol–water partition coefficient (Wildman–Crippen LogP) is 4.55. The van der Waals surface area contributed by atoms with E-state index < -0.39 is 0 Å². The average Bonchev–Trinajstić information content (AvgIpc) is 2.75. The van der Waals surface area contributed by atoms with Gasteiger partial charge >= 0.3 is 0 Å². The molecule has 1 aromatic carbocycles. The van der Waals surface area contributed by atoms with Crippen molar-refractivity contribution in [2.75, 3.05) is 7.05 Å². The molecule has 0 aliphatic carbocycles. The third kappa shape index (κ3) is 3.41. The van der Waals surface area contributed by atoms with Gasteiger partial charge in [-0.1, -0.05) is 34.1 Å². The van der Waals surface area contributed by atoms with E-state index in [0.29, 0.717) is 0 Å². The standard InChI is InChI=1S/C16H21Br2N3/c1-5-21-14(16(18)11(3)20-21)9-13(19-4)12-8-6-7-10(2)15(12)17/h6-8,13,19H,5,9H2,1-4H3. The lowest BCUT2D eigenvalue weighted by Gasteiger charge is -2.20. The molecule has 0 bridgehead atoms. The fourth-order valence-corrected chi connectivity index (χ4v) is 3.55. The van der Waals surface area contributed by atoms with Crippen LogP contribution >= 0.6 is 31.9 Å². The fourth-order valence-electron chi connectivity index (χ4n) is 2.56. The molecule has 3 nitrogen and oxygen atoms in total. The second-order valence-corrected chi connectivity index (χ2v) is 6.77. The van der Waals surface area contributed by atoms with Crippen molar-refractivity contribution in [3.8, 4) is 0 Å². The molecule has 0 spiro atoms. The Morgan fingerprint density at radius 3 is 2.57 bits per heavy atom. The Labute approximate surface area is 143 Å². The van der Waals surface area contributed by atoms with Crippen molar-refractivity contribution in [2.45, 2.75) is 39.8 Å². The molecule has 2 rings (SSSR count). The number of benzene rings is 1. The van der Waals surface area contributed by atoms with E-state index in [1.54, 1.807) is 0 Å². The lowest BCUT2D eigenvalue weighted by molar-refractivity contribution is 0.538. The second kappa shape index (κ2) is 7.07. The first kappa shape index (κ1) is 16.7. The third-order valence-corrected chi connectivity index (χ3v) is 5.91. The number of hydrogen-bond donors (Lipinski definition) is 1. The van der Waals surface area contributed by atoms with Gasteiger partial charge in [0.25, 0.3) is 0 Å². The van der Waals surface area contributed by atoms with Gasteiger partial charge in [0.1, 0.15) is 0 Å². The Bertz CT molecular complexity index is 635. The molecule has 1 atom stereocenters. The summed E-state index contributed by atoms with van der Waals surface area (Å²) in [6.45, 7) is 7.17. The maximum absolute atomic E-state index is 4.58. The van der Waals surface area contributed by atoms with E-state index in [-0.39, 0.29) is 6.04 Å². The first-order valence-corrected chi connectivity index (χ1v) is 8.72. The van der Waals surface area contributed by atoms with Gasteiger partial charge in [-0.3, -0.25) is 4.68 Å². The summed E-state index contributed by atoms with van der Waals surface area (Å²) in [5.74, 6) is 0. The number of nitrogens with zero attached hydrogens (tertiary/aromatic N) is 2. The maximum atomic E-state index is 4.58. The summed E-state index contributed by atoms with van der Waals surface area (Å²) in [6.07, 6.45) is 0.897. The molecule has 21 heavy (non-hydrogen) atoms. The molecule has 0 aliphatic heterocycles. The fraction of sp³-hybridized carbons (Fsp3) is 0.438. The molecule has 0 radical (unpaired) electrons. The van der Waals surface area contributed by atoms with Crippen molar-refractivity contribution in [1.82, 2.24) is 15.1 Å². The van der Waals surface area contributed by atoms with Crippen molar-refractivity contribution in [1.29, 1.82) is 0 Å². The molecule has 1 aromatic heterocycles. The van der Waals surface area contributed by atoms with Crippen LogP contribution in [0.3, 0.4) is 0 Å². The zero-order valence-electron chi connectivity index (χ0n) is 12.9. The van der Waals surface area contributed by atoms with Gasteiger partial charge in [0.2, 0.25) is 0 Å². The minimum absolute atomic E-state index is 0.247. The first-order valence-electron chi connectivity index (χ1n) is 7.13. The Morgan fingerprint density at radius 2 is 1.95 bits per heavy atom. The van der Waals surface area contributed by atoms with Crippen LogP contribution in [0.15, 0.2) is 27.1 Å². The number of hydrogen-bond acceptors (Lipinski definition) is 2. The summed E-state index contributed by atoms with van der Waals surface area (Å²) in [6, 6.07) is 6.65. The molecule has 0 amide bonds. The second-order valence-electron chi connectivity index (χ2n) is 5.19. The van der Waals surface area contributed by atoms with Gasteiger partial charge in [0.05, 0.1) is 15.9 Å². The highest BCUT2D eigenvalue weighted by Gasteiger charge is 2.20. The summed E-state index contributed by atoms with van der Waals surface area (Å²) in [5.41, 5.74) is 4.82. The molecule has 5 heteroatoms. The Hall–Kier alpha value is -0.650. The van der Waals surface area contributed by atoms with Crippen molar-refractivity contribution < 1.29 is 0 Å². The first-order chi connectivity index (χ1) is 9.99. The highest BCUT2D eigenvalue weighted by Crippen LogP contribution is 2.31. The highest BCUT2D eigenvalue weighted by molar-refractivity contribution is 9.10. The van der Waals surface area contributed by atoms with Crippen LogP contribution in [-0.2, 0) is 13.0 Å². The molecule has 1 heterocycles. The van der Waals surface area contributed by atoms with Crippen molar-refractivity contribution in [3.05, 3.63) is 49.7 Å². The monoisotopic (exact) mass is 413 g/mol. The average molecular weight is 415 g/mol. The van der Waals surface area contributed by atoms with Crippen LogP contribution in [0.4, 0.5) is 0 Å². The lowest BCUT2D eigenvalue weighted by Crippen LogP contribution is -2.21. The topological polar surface area (TPSA) is 29.9 Å². The molecule has 114 valence electrons. The van der Waals surface area contributed by atoms with Crippen LogP contribution < -0.4 is 5.32 Å². The van der Waals surface area contributed by atoms with Crippen LogP contribution in [0.2, 0.25) is 0 Å². The molecule has 0 saturated carbocycles. The quantitative estimate of drug-likeness (QED) is 0.777. The molecular formula is C16H21Br2N3. The normalized spacial score (nSPS) is 12.7. The molecular weight excluding hydrogens is 394 g/mol. The molecule has 0 aliphatic rings. The van der Waals surface area contributed by atoms with E-state index in [0.717, 1.165) is 23.1 Å². The summed E-state index contributed by atoms with van der Waals surface area (Å²) < 4.78 is 4.38. The minimum atomic E-state index is 0.247. The molecule has 1 unspecified atom stereocenters. The number of likely N-dealkylation sites (N-methyl/N-ethyl adjacent to an activating group) is 1. The van der Waals surface area contributed by atoms with Gasteiger partial charge < -0.3 is 5.32 Å². The molecule has 2 aromatic rings. The molecule has 0 fully saturated rings. The largest absolute Gasteiger partial charge is 0.313 e. The summed E-state index contributed by atoms with van der Waals surface area (Å²) in [7, 11) is 2.01. The van der Waals surface area contributed by atoms with E-state index >= 15 is 0 Å². The maximum Gasteiger partial charge on any atom is 0.0738 e. The molecule has 1 N–H and O–H groups in total.